The Labute approximate surface area is 170 Å². The first-order valence-corrected chi connectivity index (χ1v) is 9.57. The number of hydrogen-bond donors (Lipinski definition) is 1. The molecular formula is C22H25N5O2. The number of aliphatic imine (C=N–C) groups is 1. The Hall–Kier alpha value is -3.48. The van der Waals surface area contributed by atoms with Gasteiger partial charge in [-0.3, -0.25) is 4.99 Å². The number of fused-ring (bicyclic) bond motifs is 1. The molecule has 1 aliphatic rings. The Morgan fingerprint density at radius 1 is 1.14 bits per heavy atom. The standard InChI is InChI=1S/C22H25N5O2/c1-23-22(26(2)14-18-8-9-19-20(12-18)29-16-28-19)25-13-21-24-10-11-27(21)15-17-6-4-3-5-7-17/h3-12H,13-16H2,1-2H3,(H,23,25). The molecular weight excluding hydrogens is 366 g/mol. The van der Waals surface area contributed by atoms with Crippen molar-refractivity contribution in [3.63, 3.8) is 0 Å². The van der Waals surface area contributed by atoms with Crippen molar-refractivity contribution in [2.45, 2.75) is 19.6 Å². The molecule has 29 heavy (non-hydrogen) atoms. The Bertz CT molecular complexity index is 984. The number of imidazole rings is 1. The van der Waals surface area contributed by atoms with E-state index < -0.39 is 0 Å². The predicted molar refractivity (Wildman–Crippen MR) is 112 cm³/mol. The fourth-order valence-electron chi connectivity index (χ4n) is 3.36. The van der Waals surface area contributed by atoms with Crippen LogP contribution < -0.4 is 14.8 Å². The van der Waals surface area contributed by atoms with Gasteiger partial charge in [-0.15, -0.1) is 0 Å². The summed E-state index contributed by atoms with van der Waals surface area (Å²) in [6.45, 7) is 2.38. The van der Waals surface area contributed by atoms with Crippen molar-refractivity contribution in [2.24, 2.45) is 4.99 Å². The Morgan fingerprint density at radius 3 is 2.79 bits per heavy atom. The normalized spacial score (nSPS) is 12.8. The number of aromatic nitrogens is 2. The molecule has 0 aliphatic carbocycles. The number of guanidine groups is 1. The lowest BCUT2D eigenvalue weighted by molar-refractivity contribution is 0.174. The van der Waals surface area contributed by atoms with Gasteiger partial charge in [0.05, 0.1) is 6.54 Å². The molecule has 1 aromatic heterocycles. The maximum atomic E-state index is 5.47. The van der Waals surface area contributed by atoms with Crippen LogP contribution in [0.3, 0.4) is 0 Å². The Balaban J connectivity index is 1.37. The number of nitrogens with zero attached hydrogens (tertiary/aromatic N) is 4. The van der Waals surface area contributed by atoms with Gasteiger partial charge in [0.2, 0.25) is 6.79 Å². The molecule has 150 valence electrons. The fraction of sp³-hybridized carbons (Fsp3) is 0.273. The zero-order valence-electron chi connectivity index (χ0n) is 16.7. The first-order valence-electron chi connectivity index (χ1n) is 9.57. The molecule has 0 atom stereocenters. The molecule has 0 radical (unpaired) electrons. The lowest BCUT2D eigenvalue weighted by Gasteiger charge is -2.22. The maximum Gasteiger partial charge on any atom is 0.231 e. The first kappa shape index (κ1) is 18.9. The molecule has 0 saturated carbocycles. The van der Waals surface area contributed by atoms with E-state index in [4.69, 9.17) is 9.47 Å². The van der Waals surface area contributed by atoms with Gasteiger partial charge in [-0.25, -0.2) is 4.98 Å². The summed E-state index contributed by atoms with van der Waals surface area (Å²) in [4.78, 5) is 11.0. The van der Waals surface area contributed by atoms with E-state index in [1.807, 2.05) is 43.7 Å². The minimum Gasteiger partial charge on any atom is -0.454 e. The van der Waals surface area contributed by atoms with E-state index in [2.05, 4.69) is 49.0 Å². The lowest BCUT2D eigenvalue weighted by Crippen LogP contribution is -2.38. The zero-order chi connectivity index (χ0) is 20.1. The lowest BCUT2D eigenvalue weighted by atomic mass is 10.2. The molecule has 7 heteroatoms. The molecule has 3 aromatic rings. The number of ether oxygens (including phenoxy) is 2. The second kappa shape index (κ2) is 8.68. The molecule has 0 bridgehead atoms. The van der Waals surface area contributed by atoms with Crippen LogP contribution in [0.4, 0.5) is 0 Å². The molecule has 2 heterocycles. The van der Waals surface area contributed by atoms with Crippen LogP contribution in [0, 0.1) is 0 Å². The van der Waals surface area contributed by atoms with E-state index in [1.54, 1.807) is 7.05 Å². The van der Waals surface area contributed by atoms with E-state index in [0.717, 1.165) is 35.4 Å². The highest BCUT2D eigenvalue weighted by molar-refractivity contribution is 5.79. The topological polar surface area (TPSA) is 63.9 Å². The van der Waals surface area contributed by atoms with Crippen LogP contribution in [0.25, 0.3) is 0 Å². The summed E-state index contributed by atoms with van der Waals surface area (Å²) >= 11 is 0. The van der Waals surface area contributed by atoms with Crippen LogP contribution in [0.1, 0.15) is 17.0 Å². The molecule has 0 saturated heterocycles. The Kier molecular flexibility index (Phi) is 5.65. The molecule has 1 aliphatic heterocycles. The predicted octanol–water partition coefficient (Wildman–Crippen LogP) is 2.87. The molecule has 0 spiro atoms. The molecule has 0 unspecified atom stereocenters. The van der Waals surface area contributed by atoms with Gasteiger partial charge in [-0.1, -0.05) is 36.4 Å². The molecule has 2 aromatic carbocycles. The van der Waals surface area contributed by atoms with Crippen LogP contribution in [-0.4, -0.2) is 41.3 Å². The third-order valence-electron chi connectivity index (χ3n) is 4.83. The van der Waals surface area contributed by atoms with Gasteiger partial charge in [0.1, 0.15) is 5.82 Å². The van der Waals surface area contributed by atoms with Crippen LogP contribution >= 0.6 is 0 Å². The summed E-state index contributed by atoms with van der Waals surface area (Å²) in [5.41, 5.74) is 2.38. The zero-order valence-corrected chi connectivity index (χ0v) is 16.7. The van der Waals surface area contributed by atoms with Crippen LogP contribution in [-0.2, 0) is 19.6 Å². The molecule has 0 fully saturated rings. The van der Waals surface area contributed by atoms with Crippen molar-refractivity contribution in [3.8, 4) is 11.5 Å². The van der Waals surface area contributed by atoms with E-state index in [-0.39, 0.29) is 6.79 Å². The van der Waals surface area contributed by atoms with Gasteiger partial charge in [-0.2, -0.15) is 0 Å². The summed E-state index contributed by atoms with van der Waals surface area (Å²) in [5.74, 6) is 3.36. The smallest absolute Gasteiger partial charge is 0.231 e. The third kappa shape index (κ3) is 4.51. The van der Waals surface area contributed by atoms with Crippen molar-refractivity contribution in [2.75, 3.05) is 20.9 Å². The Morgan fingerprint density at radius 2 is 1.97 bits per heavy atom. The van der Waals surface area contributed by atoms with Gasteiger partial charge in [0, 0.05) is 39.6 Å². The van der Waals surface area contributed by atoms with Crippen LogP contribution in [0.2, 0.25) is 0 Å². The highest BCUT2D eigenvalue weighted by Gasteiger charge is 2.15. The van der Waals surface area contributed by atoms with Gasteiger partial charge in [-0.05, 0) is 23.3 Å². The van der Waals surface area contributed by atoms with Crippen LogP contribution in [0.5, 0.6) is 11.5 Å². The fourth-order valence-corrected chi connectivity index (χ4v) is 3.36. The van der Waals surface area contributed by atoms with Crippen molar-refractivity contribution >= 4 is 5.96 Å². The molecule has 1 N–H and O–H groups in total. The second-order valence-corrected chi connectivity index (χ2v) is 6.90. The first-order chi connectivity index (χ1) is 14.2. The number of hydrogen-bond acceptors (Lipinski definition) is 4. The third-order valence-corrected chi connectivity index (χ3v) is 4.83. The van der Waals surface area contributed by atoms with E-state index in [9.17, 15) is 0 Å². The number of rotatable bonds is 6. The van der Waals surface area contributed by atoms with E-state index in [0.29, 0.717) is 13.1 Å². The molecule has 4 rings (SSSR count). The second-order valence-electron chi connectivity index (χ2n) is 6.90. The largest absolute Gasteiger partial charge is 0.454 e. The minimum atomic E-state index is 0.285. The van der Waals surface area contributed by atoms with E-state index >= 15 is 0 Å². The number of benzene rings is 2. The van der Waals surface area contributed by atoms with Gasteiger partial charge < -0.3 is 24.3 Å². The molecule has 7 nitrogen and oxygen atoms in total. The van der Waals surface area contributed by atoms with Gasteiger partial charge in [0.25, 0.3) is 0 Å². The van der Waals surface area contributed by atoms with Crippen molar-refractivity contribution in [1.29, 1.82) is 0 Å². The van der Waals surface area contributed by atoms with E-state index in [1.165, 1.54) is 5.56 Å². The van der Waals surface area contributed by atoms with Crippen molar-refractivity contribution in [3.05, 3.63) is 77.9 Å². The molecule has 0 amide bonds. The average Bonchev–Trinajstić information content (AvgIpc) is 3.38. The van der Waals surface area contributed by atoms with Gasteiger partial charge in [0.15, 0.2) is 17.5 Å². The average molecular weight is 391 g/mol. The summed E-state index contributed by atoms with van der Waals surface area (Å²) in [6.07, 6.45) is 3.84. The minimum absolute atomic E-state index is 0.285. The highest BCUT2D eigenvalue weighted by Crippen LogP contribution is 2.32. The maximum absolute atomic E-state index is 5.47. The highest BCUT2D eigenvalue weighted by atomic mass is 16.7. The van der Waals surface area contributed by atoms with Gasteiger partial charge >= 0.3 is 0 Å². The quantitative estimate of drug-likeness (QED) is 0.517. The summed E-state index contributed by atoms with van der Waals surface area (Å²) in [5, 5.41) is 3.41. The number of nitrogens with one attached hydrogen (secondary N) is 1. The SMILES string of the molecule is CN=C(NCc1nccn1Cc1ccccc1)N(C)Cc1ccc2c(c1)OCO2. The van der Waals surface area contributed by atoms with Crippen LogP contribution in [0.15, 0.2) is 65.9 Å². The van der Waals surface area contributed by atoms with Crippen molar-refractivity contribution in [1.82, 2.24) is 19.8 Å². The summed E-state index contributed by atoms with van der Waals surface area (Å²) in [6, 6.07) is 16.4. The summed E-state index contributed by atoms with van der Waals surface area (Å²) < 4.78 is 13.0. The summed E-state index contributed by atoms with van der Waals surface area (Å²) in [7, 11) is 3.80. The monoisotopic (exact) mass is 391 g/mol. The van der Waals surface area contributed by atoms with Crippen molar-refractivity contribution < 1.29 is 9.47 Å².